The Labute approximate surface area is 216 Å². The van der Waals surface area contributed by atoms with Gasteiger partial charge in [0, 0.05) is 23.3 Å². The smallest absolute Gasteiger partial charge is 0.316 e. The van der Waals surface area contributed by atoms with Gasteiger partial charge in [-0.15, -0.1) is 9.92 Å². The van der Waals surface area contributed by atoms with Crippen LogP contribution >= 0.6 is 0 Å². The maximum Gasteiger partial charge on any atom is 0.316 e. The lowest BCUT2D eigenvalue weighted by molar-refractivity contribution is 0.274. The van der Waals surface area contributed by atoms with Gasteiger partial charge in [0.1, 0.15) is 36.6 Å². The van der Waals surface area contributed by atoms with Gasteiger partial charge in [-0.2, -0.15) is 5.10 Å². The lowest BCUT2D eigenvalue weighted by atomic mass is 10.1. The van der Waals surface area contributed by atoms with Crippen molar-refractivity contribution in [3.05, 3.63) is 77.9 Å². The van der Waals surface area contributed by atoms with Crippen LogP contribution in [-0.2, 0) is 4.74 Å². The van der Waals surface area contributed by atoms with Gasteiger partial charge in [0.15, 0.2) is 5.65 Å². The minimum atomic E-state index is -0.429. The predicted molar refractivity (Wildman–Crippen MR) is 143 cm³/mol. The van der Waals surface area contributed by atoms with E-state index in [1.807, 2.05) is 51.1 Å². The predicted octanol–water partition coefficient (Wildman–Crippen LogP) is 5.17. The molecule has 6 rings (SSSR count). The highest BCUT2D eigenvalue weighted by atomic mass is 16.5. The van der Waals surface area contributed by atoms with E-state index in [0.29, 0.717) is 46.2 Å². The van der Waals surface area contributed by atoms with Crippen LogP contribution < -0.4 is 15.1 Å². The molecule has 0 fully saturated rings. The molecule has 4 heterocycles. The Bertz CT molecular complexity index is 1710. The summed E-state index contributed by atoms with van der Waals surface area (Å²) in [5, 5.41) is 12.4. The number of amidine groups is 1. The van der Waals surface area contributed by atoms with Crippen molar-refractivity contribution in [3.8, 4) is 11.5 Å². The number of hydrogen-bond acceptors (Lipinski definition) is 10. The molecule has 0 bridgehead atoms. The Hall–Kier alpha value is -5.13. The number of nitrogens with zero attached hydrogens (tertiary/aromatic N) is 8. The van der Waals surface area contributed by atoms with Crippen LogP contribution in [0.4, 0.5) is 17.2 Å². The number of aromatic nitrogens is 5. The summed E-state index contributed by atoms with van der Waals surface area (Å²) in [6, 6.07) is 14.9. The van der Waals surface area contributed by atoms with Gasteiger partial charge in [-0.25, -0.2) is 24.5 Å². The first-order valence-corrected chi connectivity index (χ1v) is 11.8. The van der Waals surface area contributed by atoms with Gasteiger partial charge in [0.05, 0.1) is 22.0 Å². The molecule has 1 N–H and O–H groups in total. The summed E-state index contributed by atoms with van der Waals surface area (Å²) in [6.07, 6.45) is 4.78. The third kappa shape index (κ3) is 4.43. The topological polar surface area (TPSA) is 131 Å². The number of benzene rings is 2. The Balaban J connectivity index is 1.27. The molecule has 0 aliphatic carbocycles. The zero-order valence-electron chi connectivity index (χ0n) is 20.9. The highest BCUT2D eigenvalue weighted by molar-refractivity contribution is 5.98. The number of anilines is 3. The molecule has 5 aromatic rings. The summed E-state index contributed by atoms with van der Waals surface area (Å²) in [5.41, 5.74) is 3.20. The van der Waals surface area contributed by atoms with Crippen molar-refractivity contribution in [3.63, 3.8) is 0 Å². The van der Waals surface area contributed by atoms with E-state index in [4.69, 9.17) is 9.47 Å². The molecular weight excluding hydrogens is 486 g/mol. The number of aryl methyl sites for hydroxylation is 1. The monoisotopic (exact) mass is 509 g/mol. The van der Waals surface area contributed by atoms with Crippen LogP contribution in [0.5, 0.6) is 11.5 Å². The van der Waals surface area contributed by atoms with E-state index < -0.39 is 5.54 Å². The molecule has 0 unspecified atom stereocenters. The average molecular weight is 510 g/mol. The van der Waals surface area contributed by atoms with E-state index in [9.17, 15) is 4.91 Å². The molecule has 12 heteroatoms. The highest BCUT2D eigenvalue weighted by Crippen LogP contribution is 2.32. The Morgan fingerprint density at radius 3 is 2.76 bits per heavy atom. The number of pyridine rings is 1. The summed E-state index contributed by atoms with van der Waals surface area (Å²) in [4.78, 5) is 29.2. The average Bonchev–Trinajstić information content (AvgIpc) is 3.52. The van der Waals surface area contributed by atoms with E-state index in [0.717, 1.165) is 16.3 Å². The van der Waals surface area contributed by atoms with Crippen molar-refractivity contribution >= 4 is 39.8 Å². The molecule has 0 radical (unpaired) electrons. The summed E-state index contributed by atoms with van der Waals surface area (Å²) in [7, 11) is 0. The number of nitroso groups, excluding NO2 is 1. The van der Waals surface area contributed by atoms with Crippen molar-refractivity contribution in [2.45, 2.75) is 26.3 Å². The fourth-order valence-electron chi connectivity index (χ4n) is 4.11. The van der Waals surface area contributed by atoms with Crippen LogP contribution in [-0.4, -0.2) is 42.7 Å². The maximum absolute atomic E-state index is 11.7. The third-order valence-electron chi connectivity index (χ3n) is 6.00. The van der Waals surface area contributed by atoms with Gasteiger partial charge in [-0.3, -0.25) is 0 Å². The standard InChI is InChI=1S/C26H23N9O3/c1-16-10-17(4-7-22(16)38-19-8-9-34-23(12-19)28-15-30-34)31-24-20-11-18(5-6-21(20)27-14-29-24)35(33-36)25-32-26(2,3)13-37-25/h4-12,14-15H,13H2,1-3H3,(H,27,29,31). The second-order valence-corrected chi connectivity index (χ2v) is 9.45. The molecule has 0 spiro atoms. The van der Waals surface area contributed by atoms with Gasteiger partial charge in [-0.05, 0) is 68.8 Å². The van der Waals surface area contributed by atoms with Crippen LogP contribution in [0.3, 0.4) is 0 Å². The fraction of sp³-hybridized carbons (Fsp3) is 0.192. The molecule has 2 aromatic carbocycles. The number of fused-ring (bicyclic) bond motifs is 2. The quantitative estimate of drug-likeness (QED) is 0.243. The van der Waals surface area contributed by atoms with E-state index in [1.54, 1.807) is 28.9 Å². The molecule has 1 aliphatic rings. The molecule has 0 atom stereocenters. The van der Waals surface area contributed by atoms with E-state index in [1.165, 1.54) is 12.7 Å². The van der Waals surface area contributed by atoms with Gasteiger partial charge in [-0.1, -0.05) is 0 Å². The molecule has 1 aliphatic heterocycles. The second kappa shape index (κ2) is 9.07. The SMILES string of the molecule is Cc1cc(Nc2ncnc3ccc(N(N=O)C4=NC(C)(C)CO4)cc23)ccc1Oc1ccn2ncnc2c1. The van der Waals surface area contributed by atoms with Crippen LogP contribution in [0.25, 0.3) is 16.6 Å². The summed E-state index contributed by atoms with van der Waals surface area (Å²) >= 11 is 0. The van der Waals surface area contributed by atoms with E-state index >= 15 is 0 Å². The van der Waals surface area contributed by atoms with Crippen molar-refractivity contribution in [1.82, 2.24) is 24.6 Å². The fourth-order valence-corrected chi connectivity index (χ4v) is 4.11. The first-order chi connectivity index (χ1) is 18.4. The number of hydrogen-bond donors (Lipinski definition) is 1. The Morgan fingerprint density at radius 1 is 1.08 bits per heavy atom. The van der Waals surface area contributed by atoms with Crippen LogP contribution in [0.2, 0.25) is 0 Å². The molecule has 0 saturated carbocycles. The minimum Gasteiger partial charge on any atom is -0.461 e. The van der Waals surface area contributed by atoms with Crippen molar-refractivity contribution < 1.29 is 9.47 Å². The van der Waals surface area contributed by atoms with Crippen LogP contribution in [0.15, 0.2) is 77.7 Å². The first kappa shape index (κ1) is 23.3. The van der Waals surface area contributed by atoms with Crippen molar-refractivity contribution in [1.29, 1.82) is 0 Å². The normalized spacial score (nSPS) is 14.2. The van der Waals surface area contributed by atoms with Crippen molar-refractivity contribution in [2.75, 3.05) is 16.9 Å². The van der Waals surface area contributed by atoms with E-state index in [-0.39, 0.29) is 6.02 Å². The van der Waals surface area contributed by atoms with Crippen LogP contribution in [0, 0.1) is 11.8 Å². The number of nitrogens with one attached hydrogen (secondary N) is 1. The summed E-state index contributed by atoms with van der Waals surface area (Å²) < 4.78 is 13.4. The summed E-state index contributed by atoms with van der Waals surface area (Å²) in [5.74, 6) is 1.95. The van der Waals surface area contributed by atoms with E-state index in [2.05, 4.69) is 35.6 Å². The Morgan fingerprint density at radius 2 is 1.97 bits per heavy atom. The lowest BCUT2D eigenvalue weighted by Crippen LogP contribution is -2.24. The molecular formula is C26H23N9O3. The molecule has 190 valence electrons. The van der Waals surface area contributed by atoms with Crippen molar-refractivity contribution in [2.24, 2.45) is 10.3 Å². The maximum atomic E-state index is 11.7. The lowest BCUT2D eigenvalue weighted by Gasteiger charge is -2.16. The number of ether oxygens (including phenoxy) is 2. The molecule has 3 aromatic heterocycles. The largest absolute Gasteiger partial charge is 0.461 e. The Kier molecular flexibility index (Phi) is 5.56. The summed E-state index contributed by atoms with van der Waals surface area (Å²) in [6.45, 7) is 6.18. The highest BCUT2D eigenvalue weighted by Gasteiger charge is 2.31. The third-order valence-corrected chi connectivity index (χ3v) is 6.00. The van der Waals surface area contributed by atoms with Gasteiger partial charge >= 0.3 is 6.02 Å². The molecule has 0 saturated heterocycles. The zero-order valence-corrected chi connectivity index (χ0v) is 20.9. The van der Waals surface area contributed by atoms with Gasteiger partial charge in [0.2, 0.25) is 0 Å². The van der Waals surface area contributed by atoms with Gasteiger partial charge < -0.3 is 14.8 Å². The number of rotatable bonds is 6. The van der Waals surface area contributed by atoms with Gasteiger partial charge in [0.25, 0.3) is 0 Å². The zero-order chi connectivity index (χ0) is 26.3. The first-order valence-electron chi connectivity index (χ1n) is 11.8. The minimum absolute atomic E-state index is 0.157. The second-order valence-electron chi connectivity index (χ2n) is 9.45. The number of aliphatic imine (C=N–C) groups is 1. The molecule has 12 nitrogen and oxygen atoms in total. The molecule has 0 amide bonds. The van der Waals surface area contributed by atoms with Crippen LogP contribution in [0.1, 0.15) is 19.4 Å². The molecule has 38 heavy (non-hydrogen) atoms.